The lowest BCUT2D eigenvalue weighted by Gasteiger charge is -2.01. The van der Waals surface area contributed by atoms with E-state index in [0.717, 1.165) is 5.52 Å². The first-order valence-corrected chi connectivity index (χ1v) is 5.00. The summed E-state index contributed by atoms with van der Waals surface area (Å²) in [5.41, 5.74) is 0.968. The van der Waals surface area contributed by atoms with E-state index in [1.54, 1.807) is 6.20 Å². The Morgan fingerprint density at radius 3 is 2.35 bits per heavy atom. The van der Waals surface area contributed by atoms with Gasteiger partial charge in [0.05, 0.1) is 5.39 Å². The van der Waals surface area contributed by atoms with Crippen LogP contribution in [0.25, 0.3) is 16.3 Å². The molecule has 3 aromatic rings. The van der Waals surface area contributed by atoms with Crippen molar-refractivity contribution in [2.24, 2.45) is 0 Å². The quantitative estimate of drug-likeness (QED) is 0.317. The molecule has 0 amide bonds. The molecule has 0 radical (unpaired) electrons. The minimum absolute atomic E-state index is 0. The first-order valence-electron chi connectivity index (χ1n) is 5.00. The minimum atomic E-state index is 0. The Balaban J connectivity index is 0.00000108. The summed E-state index contributed by atoms with van der Waals surface area (Å²) in [6, 6.07) is 10.6. The normalized spacial score (nSPS) is 10.4. The zero-order chi connectivity index (χ0) is 11.1. The number of phenols is 2. The second kappa shape index (κ2) is 4.22. The van der Waals surface area contributed by atoms with Gasteiger partial charge in [0.25, 0.3) is 0 Å². The zero-order valence-corrected chi connectivity index (χ0v) is 10.4. The maximum atomic E-state index is 9.73. The van der Waals surface area contributed by atoms with Crippen LogP contribution >= 0.6 is 0 Å². The molecule has 0 saturated carbocycles. The third-order valence-corrected chi connectivity index (χ3v) is 2.72. The topological polar surface area (TPSA) is 44.6 Å². The van der Waals surface area contributed by atoms with Gasteiger partial charge in [-0.05, 0) is 18.2 Å². The Morgan fingerprint density at radius 2 is 1.59 bits per heavy atom. The van der Waals surface area contributed by atoms with Gasteiger partial charge in [-0.15, -0.1) is 0 Å². The lowest BCUT2D eigenvalue weighted by Crippen LogP contribution is -3.00. The molecule has 1 aromatic carbocycles. The third-order valence-electron chi connectivity index (χ3n) is 2.72. The molecule has 2 heterocycles. The lowest BCUT2D eigenvalue weighted by atomic mass is 10.1. The van der Waals surface area contributed by atoms with Gasteiger partial charge in [-0.1, -0.05) is 0 Å². The molecule has 0 aliphatic carbocycles. The smallest absolute Gasteiger partial charge is 0.211 e. The van der Waals surface area contributed by atoms with Gasteiger partial charge in [0.2, 0.25) is 5.52 Å². The van der Waals surface area contributed by atoms with Crippen LogP contribution in [0.15, 0.2) is 48.8 Å². The highest BCUT2D eigenvalue weighted by Crippen LogP contribution is 2.30. The van der Waals surface area contributed by atoms with Crippen molar-refractivity contribution >= 4 is 16.3 Å². The van der Waals surface area contributed by atoms with Crippen LogP contribution in [-0.2, 0) is 0 Å². The van der Waals surface area contributed by atoms with Gasteiger partial charge in [0, 0.05) is 23.6 Å². The number of benzene rings is 1. The SMILES string of the molecule is Oc1ccc(O)c2c[n+]3ccccc3cc12.[Br-]. The van der Waals surface area contributed by atoms with Crippen molar-refractivity contribution in [3.63, 3.8) is 0 Å². The number of rotatable bonds is 0. The van der Waals surface area contributed by atoms with Gasteiger partial charge in [0.15, 0.2) is 12.4 Å². The van der Waals surface area contributed by atoms with E-state index in [1.165, 1.54) is 12.1 Å². The third kappa shape index (κ3) is 1.80. The van der Waals surface area contributed by atoms with E-state index in [4.69, 9.17) is 0 Å². The predicted molar refractivity (Wildman–Crippen MR) is 60.4 cm³/mol. The van der Waals surface area contributed by atoms with E-state index < -0.39 is 0 Å². The van der Waals surface area contributed by atoms with Crippen molar-refractivity contribution in [3.8, 4) is 11.5 Å². The largest absolute Gasteiger partial charge is 1.00 e. The summed E-state index contributed by atoms with van der Waals surface area (Å²) in [4.78, 5) is 0. The summed E-state index contributed by atoms with van der Waals surface area (Å²) in [6.07, 6.45) is 3.71. The number of aromatic nitrogens is 1. The van der Waals surface area contributed by atoms with Crippen molar-refractivity contribution in [2.45, 2.75) is 0 Å². The molecule has 17 heavy (non-hydrogen) atoms. The van der Waals surface area contributed by atoms with Crippen molar-refractivity contribution in [2.75, 3.05) is 0 Å². The molecule has 0 aliphatic rings. The van der Waals surface area contributed by atoms with Crippen molar-refractivity contribution in [1.29, 1.82) is 0 Å². The number of pyridine rings is 2. The predicted octanol–water partition coefficient (Wildman–Crippen LogP) is -1.01. The van der Waals surface area contributed by atoms with E-state index in [1.807, 2.05) is 34.9 Å². The van der Waals surface area contributed by atoms with Crippen LogP contribution in [0.4, 0.5) is 0 Å². The van der Waals surface area contributed by atoms with Gasteiger partial charge >= 0.3 is 0 Å². The Bertz CT molecular complexity index is 637. The molecule has 0 aliphatic heterocycles. The molecule has 3 nitrogen and oxygen atoms in total. The Hall–Kier alpha value is -1.81. The summed E-state index contributed by atoms with van der Waals surface area (Å²) < 4.78 is 1.90. The summed E-state index contributed by atoms with van der Waals surface area (Å²) in [5, 5.41) is 20.8. The standard InChI is InChI=1S/C13H9NO2.BrH/c15-12-4-5-13(16)11-8-14-6-2-1-3-9(14)7-10(11)12;/h1-8,15H;1H. The van der Waals surface area contributed by atoms with E-state index >= 15 is 0 Å². The van der Waals surface area contributed by atoms with Gasteiger partial charge in [0.1, 0.15) is 11.5 Å². The summed E-state index contributed by atoms with van der Waals surface area (Å²) in [6.45, 7) is 0. The van der Waals surface area contributed by atoms with Crippen LogP contribution in [0.5, 0.6) is 11.5 Å². The van der Waals surface area contributed by atoms with Crippen LogP contribution < -0.4 is 21.4 Å². The van der Waals surface area contributed by atoms with Gasteiger partial charge in [-0.25, -0.2) is 0 Å². The van der Waals surface area contributed by atoms with E-state index in [0.29, 0.717) is 10.8 Å². The molecule has 2 aromatic heterocycles. The van der Waals surface area contributed by atoms with Gasteiger partial charge in [-0.3, -0.25) is 0 Å². The number of nitrogens with zero attached hydrogens (tertiary/aromatic N) is 1. The van der Waals surface area contributed by atoms with Crippen LogP contribution in [0.3, 0.4) is 0 Å². The number of hydrogen-bond donors (Lipinski definition) is 2. The molecule has 0 spiro atoms. The van der Waals surface area contributed by atoms with Crippen molar-refractivity contribution < 1.29 is 31.6 Å². The Morgan fingerprint density at radius 1 is 0.882 bits per heavy atom. The fourth-order valence-electron chi connectivity index (χ4n) is 1.90. The van der Waals surface area contributed by atoms with Gasteiger partial charge < -0.3 is 27.2 Å². The molecule has 4 heteroatoms. The maximum Gasteiger partial charge on any atom is 0.211 e. The van der Waals surface area contributed by atoms with Crippen LogP contribution in [0.1, 0.15) is 0 Å². The Kier molecular flexibility index (Phi) is 2.90. The van der Waals surface area contributed by atoms with E-state index in [-0.39, 0.29) is 28.5 Å². The molecule has 0 bridgehead atoms. The van der Waals surface area contributed by atoms with Crippen LogP contribution in [0.2, 0.25) is 0 Å². The fourth-order valence-corrected chi connectivity index (χ4v) is 1.90. The average molecular weight is 292 g/mol. The highest BCUT2D eigenvalue weighted by Gasteiger charge is 2.10. The first kappa shape index (κ1) is 11.7. The molecular formula is C13H10BrNO2. The van der Waals surface area contributed by atoms with Gasteiger partial charge in [-0.2, -0.15) is 4.40 Å². The molecule has 86 valence electrons. The molecule has 2 N–H and O–H groups in total. The van der Waals surface area contributed by atoms with Crippen molar-refractivity contribution in [1.82, 2.24) is 0 Å². The van der Waals surface area contributed by atoms with Crippen LogP contribution in [0, 0.1) is 0 Å². The molecule has 3 rings (SSSR count). The average Bonchev–Trinajstić information content (AvgIpc) is 2.32. The highest BCUT2D eigenvalue weighted by molar-refractivity contribution is 5.93. The maximum absolute atomic E-state index is 9.73. The molecule has 0 unspecified atom stereocenters. The van der Waals surface area contributed by atoms with E-state index in [2.05, 4.69) is 0 Å². The number of phenolic OH excluding ortho intramolecular Hbond substituents is 2. The number of fused-ring (bicyclic) bond motifs is 2. The fraction of sp³-hybridized carbons (Fsp3) is 0. The second-order valence-corrected chi connectivity index (χ2v) is 3.74. The lowest BCUT2D eigenvalue weighted by molar-refractivity contribution is -0.510. The summed E-state index contributed by atoms with van der Waals surface area (Å²) in [7, 11) is 0. The molecule has 0 fully saturated rings. The Labute approximate surface area is 108 Å². The second-order valence-electron chi connectivity index (χ2n) is 3.74. The molecular weight excluding hydrogens is 282 g/mol. The minimum Gasteiger partial charge on any atom is -1.00 e. The summed E-state index contributed by atoms with van der Waals surface area (Å²) in [5.74, 6) is 0.352. The van der Waals surface area contributed by atoms with Crippen LogP contribution in [-0.4, -0.2) is 10.2 Å². The number of aromatic hydroxyl groups is 2. The first-order chi connectivity index (χ1) is 7.75. The monoisotopic (exact) mass is 291 g/mol. The van der Waals surface area contributed by atoms with Crippen molar-refractivity contribution in [3.05, 3.63) is 48.8 Å². The molecule has 0 atom stereocenters. The number of halogens is 1. The summed E-state index contributed by atoms with van der Waals surface area (Å²) >= 11 is 0. The highest BCUT2D eigenvalue weighted by atomic mass is 79.9. The zero-order valence-electron chi connectivity index (χ0n) is 8.84. The van der Waals surface area contributed by atoms with E-state index in [9.17, 15) is 10.2 Å². The molecule has 0 saturated heterocycles. The number of hydrogen-bond acceptors (Lipinski definition) is 2.